The maximum absolute atomic E-state index is 12.6. The van der Waals surface area contributed by atoms with Gasteiger partial charge in [0.25, 0.3) is 0 Å². The highest BCUT2D eigenvalue weighted by Gasteiger charge is 2.55. The van der Waals surface area contributed by atoms with Gasteiger partial charge in [-0.05, 0) is 38.5 Å². The molecule has 2 aliphatic rings. The fourth-order valence-corrected chi connectivity index (χ4v) is 3.51. The molecule has 2 amide bonds. The molecule has 7 nitrogen and oxygen atoms in total. The topological polar surface area (TPSA) is 85.3 Å². The van der Waals surface area contributed by atoms with Gasteiger partial charge in [-0.3, -0.25) is 9.79 Å². The van der Waals surface area contributed by atoms with E-state index in [0.717, 1.165) is 10.5 Å². The van der Waals surface area contributed by atoms with Crippen molar-refractivity contribution in [3.63, 3.8) is 0 Å². The zero-order valence-electron chi connectivity index (χ0n) is 16.1. The number of ether oxygens (including phenoxy) is 2. The van der Waals surface area contributed by atoms with Gasteiger partial charge in [0.1, 0.15) is 5.60 Å². The van der Waals surface area contributed by atoms with Gasteiger partial charge in [0.2, 0.25) is 5.91 Å². The molecular weight excluding hydrogens is 384 g/mol. The summed E-state index contributed by atoms with van der Waals surface area (Å²) in [7, 11) is 0. The molecular formula is C20H23ClN2O5. The first-order valence-electron chi connectivity index (χ1n) is 9.12. The van der Waals surface area contributed by atoms with E-state index >= 15 is 0 Å². The highest BCUT2D eigenvalue weighted by atomic mass is 35.5. The Kier molecular flexibility index (Phi) is 5.48. The summed E-state index contributed by atoms with van der Waals surface area (Å²) >= 11 is 5.90. The van der Waals surface area contributed by atoms with Gasteiger partial charge >= 0.3 is 12.1 Å². The normalized spacial score (nSPS) is 25.4. The minimum Gasteiger partial charge on any atom is -0.464 e. The molecule has 3 rings (SSSR count). The van der Waals surface area contributed by atoms with E-state index in [2.05, 4.69) is 4.99 Å². The van der Waals surface area contributed by atoms with Crippen LogP contribution in [0.2, 0.25) is 5.02 Å². The third kappa shape index (κ3) is 4.19. The summed E-state index contributed by atoms with van der Waals surface area (Å²) < 4.78 is 10.5. The molecule has 0 unspecified atom stereocenters. The Bertz CT molecular complexity index is 815. The summed E-state index contributed by atoms with van der Waals surface area (Å²) in [5, 5.41) is 0.599. The predicted octanol–water partition coefficient (Wildman–Crippen LogP) is 3.23. The van der Waals surface area contributed by atoms with Crippen molar-refractivity contribution in [2.24, 2.45) is 10.9 Å². The van der Waals surface area contributed by atoms with Crippen molar-refractivity contribution in [2.45, 2.75) is 44.8 Å². The second-order valence-corrected chi connectivity index (χ2v) is 8.44. The number of imide groups is 1. The molecule has 1 aromatic rings. The van der Waals surface area contributed by atoms with E-state index in [1.165, 1.54) is 0 Å². The zero-order valence-corrected chi connectivity index (χ0v) is 16.9. The predicted molar refractivity (Wildman–Crippen MR) is 103 cm³/mol. The maximum atomic E-state index is 12.6. The average Bonchev–Trinajstić information content (AvgIpc) is 3.17. The van der Waals surface area contributed by atoms with Crippen LogP contribution in [0.15, 0.2) is 29.3 Å². The van der Waals surface area contributed by atoms with Gasteiger partial charge in [-0.2, -0.15) is 0 Å². The van der Waals surface area contributed by atoms with Crippen LogP contribution in [0.3, 0.4) is 0 Å². The van der Waals surface area contributed by atoms with Crippen LogP contribution in [0, 0.1) is 5.92 Å². The van der Waals surface area contributed by atoms with Crippen LogP contribution < -0.4 is 0 Å². The molecule has 1 aromatic carbocycles. The third-order valence-corrected chi connectivity index (χ3v) is 5.05. The Morgan fingerprint density at radius 2 is 2.00 bits per heavy atom. The molecule has 28 heavy (non-hydrogen) atoms. The molecule has 2 heterocycles. The lowest BCUT2D eigenvalue weighted by atomic mass is 9.82. The number of halogens is 1. The number of esters is 1. The lowest BCUT2D eigenvalue weighted by Gasteiger charge is -2.27. The number of likely N-dealkylation sites (tertiary alicyclic amines) is 1. The number of benzene rings is 1. The number of rotatable bonds is 3. The Labute approximate surface area is 168 Å². The first kappa shape index (κ1) is 20.3. The average molecular weight is 407 g/mol. The Balaban J connectivity index is 1.83. The fourth-order valence-electron chi connectivity index (χ4n) is 3.38. The van der Waals surface area contributed by atoms with E-state index in [1.54, 1.807) is 51.3 Å². The SMILES string of the molecule is CC(C)(C)OC(=O)N1C[C@H]([C@]2(N=Cc3ccc(Cl)cc3)CCOC2=O)CC1=O. The van der Waals surface area contributed by atoms with Crippen molar-refractivity contribution in [1.82, 2.24) is 4.90 Å². The standard InChI is InChI=1S/C20H23ClN2O5/c1-19(2,3)28-18(26)23-12-14(10-16(23)24)20(8-9-27-17(20)25)22-11-13-4-6-15(21)7-5-13/h4-7,11,14H,8-10,12H2,1-3H3/t14-,20-/m1/s1. The van der Waals surface area contributed by atoms with E-state index in [9.17, 15) is 14.4 Å². The van der Waals surface area contributed by atoms with Gasteiger partial charge in [0, 0.05) is 36.5 Å². The molecule has 0 aromatic heterocycles. The van der Waals surface area contributed by atoms with E-state index in [-0.39, 0.29) is 25.5 Å². The van der Waals surface area contributed by atoms with Gasteiger partial charge in [-0.25, -0.2) is 14.5 Å². The molecule has 8 heteroatoms. The summed E-state index contributed by atoms with van der Waals surface area (Å²) in [6, 6.07) is 7.02. The molecule has 2 atom stereocenters. The van der Waals surface area contributed by atoms with Crippen molar-refractivity contribution in [1.29, 1.82) is 0 Å². The minimum atomic E-state index is -1.19. The van der Waals surface area contributed by atoms with Crippen molar-refractivity contribution in [3.05, 3.63) is 34.9 Å². The molecule has 0 saturated carbocycles. The Hall–Kier alpha value is -2.41. The fraction of sp³-hybridized carbons (Fsp3) is 0.500. The van der Waals surface area contributed by atoms with Crippen LogP contribution in [0.4, 0.5) is 4.79 Å². The van der Waals surface area contributed by atoms with Crippen LogP contribution >= 0.6 is 11.6 Å². The van der Waals surface area contributed by atoms with Crippen LogP contribution in [-0.4, -0.2) is 53.4 Å². The van der Waals surface area contributed by atoms with Crippen LogP contribution in [0.1, 0.15) is 39.2 Å². The number of aliphatic imine (C=N–C) groups is 1. The molecule has 2 aliphatic heterocycles. The monoisotopic (exact) mass is 406 g/mol. The van der Waals surface area contributed by atoms with Crippen molar-refractivity contribution in [3.8, 4) is 0 Å². The second-order valence-electron chi connectivity index (χ2n) is 8.01. The Morgan fingerprint density at radius 3 is 2.57 bits per heavy atom. The summed E-state index contributed by atoms with van der Waals surface area (Å²) in [5.41, 5.74) is -1.13. The summed E-state index contributed by atoms with van der Waals surface area (Å²) in [6.45, 7) is 5.49. The van der Waals surface area contributed by atoms with Crippen LogP contribution in [0.5, 0.6) is 0 Å². The second kappa shape index (κ2) is 7.54. The van der Waals surface area contributed by atoms with Gasteiger partial charge in [-0.1, -0.05) is 23.7 Å². The van der Waals surface area contributed by atoms with Gasteiger partial charge in [0.05, 0.1) is 6.61 Å². The van der Waals surface area contributed by atoms with Crippen LogP contribution in [-0.2, 0) is 19.1 Å². The van der Waals surface area contributed by atoms with Crippen molar-refractivity contribution >= 4 is 35.8 Å². The molecule has 0 bridgehead atoms. The molecule has 0 aliphatic carbocycles. The molecule has 2 saturated heterocycles. The quantitative estimate of drug-likeness (QED) is 0.568. The maximum Gasteiger partial charge on any atom is 0.417 e. The zero-order chi connectivity index (χ0) is 20.5. The number of hydrogen-bond donors (Lipinski definition) is 0. The third-order valence-electron chi connectivity index (χ3n) is 4.80. The lowest BCUT2D eigenvalue weighted by Crippen LogP contribution is -2.43. The van der Waals surface area contributed by atoms with Crippen LogP contribution in [0.25, 0.3) is 0 Å². The van der Waals surface area contributed by atoms with E-state index in [1.807, 2.05) is 0 Å². The van der Waals surface area contributed by atoms with E-state index in [0.29, 0.717) is 11.4 Å². The van der Waals surface area contributed by atoms with Gasteiger partial charge in [0.15, 0.2) is 5.54 Å². The minimum absolute atomic E-state index is 0.0340. The van der Waals surface area contributed by atoms with E-state index < -0.39 is 29.1 Å². The number of nitrogens with zero attached hydrogens (tertiary/aromatic N) is 2. The lowest BCUT2D eigenvalue weighted by molar-refractivity contribution is -0.143. The molecule has 150 valence electrons. The highest BCUT2D eigenvalue weighted by Crippen LogP contribution is 2.39. The highest BCUT2D eigenvalue weighted by molar-refractivity contribution is 6.30. The van der Waals surface area contributed by atoms with Crippen molar-refractivity contribution in [2.75, 3.05) is 13.2 Å². The first-order chi connectivity index (χ1) is 13.1. The van der Waals surface area contributed by atoms with Gasteiger partial charge < -0.3 is 9.47 Å². The molecule has 0 radical (unpaired) electrons. The number of hydrogen-bond acceptors (Lipinski definition) is 6. The number of carbonyl (C=O) groups excluding carboxylic acids is 3. The molecule has 0 N–H and O–H groups in total. The first-order valence-corrected chi connectivity index (χ1v) is 9.50. The molecule has 2 fully saturated rings. The largest absolute Gasteiger partial charge is 0.464 e. The number of cyclic esters (lactones) is 1. The number of carbonyl (C=O) groups is 3. The summed E-state index contributed by atoms with van der Waals surface area (Å²) in [6.07, 6.45) is 1.27. The molecule has 0 spiro atoms. The smallest absolute Gasteiger partial charge is 0.417 e. The Morgan fingerprint density at radius 1 is 1.32 bits per heavy atom. The van der Waals surface area contributed by atoms with Gasteiger partial charge in [-0.15, -0.1) is 0 Å². The van der Waals surface area contributed by atoms with Crippen molar-refractivity contribution < 1.29 is 23.9 Å². The summed E-state index contributed by atoms with van der Waals surface area (Å²) in [5.74, 6) is -1.31. The number of amides is 2. The summed E-state index contributed by atoms with van der Waals surface area (Å²) in [4.78, 5) is 43.0. The van der Waals surface area contributed by atoms with E-state index in [4.69, 9.17) is 21.1 Å².